The third kappa shape index (κ3) is 9.87. The lowest BCUT2D eigenvalue weighted by molar-refractivity contribution is -0.140. The minimum absolute atomic E-state index is 0.0577. The van der Waals surface area contributed by atoms with Gasteiger partial charge in [0.2, 0.25) is 21.8 Å². The van der Waals surface area contributed by atoms with Gasteiger partial charge in [-0.3, -0.25) is 13.9 Å². The molecule has 3 rings (SSSR count). The molecule has 0 aliphatic heterocycles. The van der Waals surface area contributed by atoms with Gasteiger partial charge in [-0.25, -0.2) is 8.42 Å². The molecule has 0 aliphatic rings. The smallest absolute Gasteiger partial charge is 0.350 e. The lowest BCUT2D eigenvalue weighted by atomic mass is 10.0. The molecule has 1 N–H and O–H groups in total. The number of benzene rings is 3. The molecule has 0 aromatic heterocycles. The number of carbonyl (C=O) groups excluding carboxylic acids is 2. The number of nitrogens with zero attached hydrogens (tertiary/aromatic N) is 2. The van der Waals surface area contributed by atoms with Crippen LogP contribution in [-0.4, -0.2) is 49.5 Å². The van der Waals surface area contributed by atoms with Gasteiger partial charge in [-0.2, -0.15) is 13.2 Å². The number of amides is 2. The molecule has 0 fully saturated rings. The van der Waals surface area contributed by atoms with Crippen molar-refractivity contribution in [3.05, 3.63) is 99.5 Å². The number of carbonyl (C=O) groups is 2. The Morgan fingerprint density at radius 2 is 1.58 bits per heavy atom. The summed E-state index contributed by atoms with van der Waals surface area (Å²) in [5.74, 6) is -1.35. The van der Waals surface area contributed by atoms with Crippen LogP contribution in [-0.2, 0) is 38.8 Å². The maximum atomic E-state index is 14.1. The first-order valence-electron chi connectivity index (χ1n) is 13.1. The molecular formula is C30H32Cl2F3N3O4S. The van der Waals surface area contributed by atoms with Gasteiger partial charge in [0.1, 0.15) is 12.6 Å². The Kier molecular flexibility index (Phi) is 10.8. The molecule has 232 valence electrons. The van der Waals surface area contributed by atoms with E-state index in [-0.39, 0.29) is 23.7 Å². The number of hydrogen-bond acceptors (Lipinski definition) is 4. The van der Waals surface area contributed by atoms with Crippen LogP contribution in [0.3, 0.4) is 0 Å². The molecule has 0 bridgehead atoms. The van der Waals surface area contributed by atoms with Crippen LogP contribution in [0.25, 0.3) is 0 Å². The number of rotatable bonds is 10. The molecule has 0 unspecified atom stereocenters. The Bertz CT molecular complexity index is 1560. The number of alkyl halides is 3. The Hall–Kier alpha value is -3.28. The maximum Gasteiger partial charge on any atom is 0.416 e. The zero-order valence-corrected chi connectivity index (χ0v) is 26.3. The van der Waals surface area contributed by atoms with Crippen molar-refractivity contribution in [2.45, 2.75) is 51.5 Å². The van der Waals surface area contributed by atoms with Crippen molar-refractivity contribution >= 4 is 50.7 Å². The second-order valence-corrected chi connectivity index (χ2v) is 13.8. The molecule has 0 heterocycles. The summed E-state index contributed by atoms with van der Waals surface area (Å²) in [6.45, 7) is 4.22. The van der Waals surface area contributed by atoms with Gasteiger partial charge >= 0.3 is 6.18 Å². The molecule has 1 atom stereocenters. The normalized spacial score (nSPS) is 12.9. The van der Waals surface area contributed by atoms with E-state index in [0.717, 1.165) is 30.0 Å². The summed E-state index contributed by atoms with van der Waals surface area (Å²) in [6, 6.07) is 16.0. The van der Waals surface area contributed by atoms with E-state index in [1.807, 2.05) is 0 Å². The Labute approximate surface area is 259 Å². The standard InChI is InChI=1S/C30H32Cl2F3N3O4S/c1-29(2,3)36-28(40)26(15-20-9-6-5-7-10-20)37(18-21-13-14-23(31)17-25(21)32)27(39)19-38(43(4,41)42)24-12-8-11-22(16-24)30(33,34)35/h5-14,16-17,26H,15,18-19H2,1-4H3,(H,36,40)/t26-/m0/s1. The third-order valence-corrected chi connectivity index (χ3v) is 7.99. The fourth-order valence-corrected chi connectivity index (χ4v) is 5.60. The molecule has 0 saturated heterocycles. The second kappa shape index (κ2) is 13.6. The number of hydrogen-bond donors (Lipinski definition) is 1. The molecule has 7 nitrogen and oxygen atoms in total. The van der Waals surface area contributed by atoms with Crippen LogP contribution in [0.2, 0.25) is 10.0 Å². The first-order valence-corrected chi connectivity index (χ1v) is 15.7. The summed E-state index contributed by atoms with van der Waals surface area (Å²) in [5.41, 5.74) is -0.980. The first-order chi connectivity index (χ1) is 19.8. The molecule has 3 aromatic carbocycles. The molecule has 0 aliphatic carbocycles. The average molecular weight is 659 g/mol. The minimum Gasteiger partial charge on any atom is -0.350 e. The van der Waals surface area contributed by atoms with E-state index in [9.17, 15) is 31.2 Å². The van der Waals surface area contributed by atoms with Crippen molar-refractivity contribution in [2.24, 2.45) is 0 Å². The number of halogens is 5. The highest BCUT2D eigenvalue weighted by Gasteiger charge is 2.36. The van der Waals surface area contributed by atoms with Gasteiger partial charge in [-0.05, 0) is 62.2 Å². The highest BCUT2D eigenvalue weighted by atomic mass is 35.5. The summed E-state index contributed by atoms with van der Waals surface area (Å²) in [6.07, 6.45) is -3.90. The lowest BCUT2D eigenvalue weighted by Crippen LogP contribution is -2.56. The number of sulfonamides is 1. The highest BCUT2D eigenvalue weighted by Crippen LogP contribution is 2.32. The predicted molar refractivity (Wildman–Crippen MR) is 162 cm³/mol. The van der Waals surface area contributed by atoms with Crippen molar-refractivity contribution < 1.29 is 31.2 Å². The SMILES string of the molecule is CC(C)(C)NC(=O)[C@H](Cc1ccccc1)N(Cc1ccc(Cl)cc1Cl)C(=O)CN(c1cccc(C(F)(F)F)c1)S(C)(=O)=O. The van der Waals surface area contributed by atoms with E-state index in [1.165, 1.54) is 11.0 Å². The zero-order chi connectivity index (χ0) is 32.2. The summed E-state index contributed by atoms with van der Waals surface area (Å²) >= 11 is 12.5. The van der Waals surface area contributed by atoms with E-state index < -0.39 is 51.7 Å². The van der Waals surface area contributed by atoms with Crippen LogP contribution in [0.4, 0.5) is 18.9 Å². The maximum absolute atomic E-state index is 14.1. The second-order valence-electron chi connectivity index (χ2n) is 11.0. The number of anilines is 1. The third-order valence-electron chi connectivity index (χ3n) is 6.27. The fraction of sp³-hybridized carbons (Fsp3) is 0.333. The summed E-state index contributed by atoms with van der Waals surface area (Å²) in [7, 11) is -4.25. The van der Waals surface area contributed by atoms with Crippen LogP contribution >= 0.6 is 23.2 Å². The van der Waals surface area contributed by atoms with Gasteiger partial charge in [0.25, 0.3) is 0 Å². The van der Waals surface area contributed by atoms with Crippen molar-refractivity contribution in [3.8, 4) is 0 Å². The van der Waals surface area contributed by atoms with Crippen molar-refractivity contribution in [1.82, 2.24) is 10.2 Å². The zero-order valence-electron chi connectivity index (χ0n) is 24.0. The van der Waals surface area contributed by atoms with Gasteiger partial charge in [0.05, 0.1) is 17.5 Å². The molecule has 0 saturated carbocycles. The Morgan fingerprint density at radius 1 is 0.930 bits per heavy atom. The largest absolute Gasteiger partial charge is 0.416 e. The van der Waals surface area contributed by atoms with E-state index in [4.69, 9.17) is 23.2 Å². The van der Waals surface area contributed by atoms with E-state index in [2.05, 4.69) is 5.32 Å². The molecule has 3 aromatic rings. The molecule has 0 spiro atoms. The van der Waals surface area contributed by atoms with Crippen molar-refractivity contribution in [3.63, 3.8) is 0 Å². The highest BCUT2D eigenvalue weighted by molar-refractivity contribution is 7.92. The number of nitrogens with one attached hydrogen (secondary N) is 1. The fourth-order valence-electron chi connectivity index (χ4n) is 4.29. The van der Waals surface area contributed by atoms with Crippen molar-refractivity contribution in [1.29, 1.82) is 0 Å². The van der Waals surface area contributed by atoms with E-state index in [0.29, 0.717) is 21.0 Å². The van der Waals surface area contributed by atoms with E-state index >= 15 is 0 Å². The topological polar surface area (TPSA) is 86.8 Å². The first kappa shape index (κ1) is 34.2. The van der Waals surface area contributed by atoms with Gasteiger partial charge in [0.15, 0.2) is 0 Å². The van der Waals surface area contributed by atoms with Crippen LogP contribution in [0.1, 0.15) is 37.5 Å². The average Bonchev–Trinajstić information content (AvgIpc) is 2.88. The van der Waals surface area contributed by atoms with Crippen LogP contribution in [0.5, 0.6) is 0 Å². The summed E-state index contributed by atoms with van der Waals surface area (Å²) < 4.78 is 66.6. The Balaban J connectivity index is 2.13. The predicted octanol–water partition coefficient (Wildman–Crippen LogP) is 6.33. The van der Waals surface area contributed by atoms with Crippen LogP contribution in [0, 0.1) is 0 Å². The van der Waals surface area contributed by atoms with Gasteiger partial charge in [0, 0.05) is 28.5 Å². The summed E-state index contributed by atoms with van der Waals surface area (Å²) in [5, 5.41) is 3.42. The quantitative estimate of drug-likeness (QED) is 0.276. The molecular weight excluding hydrogens is 626 g/mol. The van der Waals surface area contributed by atoms with Crippen LogP contribution < -0.4 is 9.62 Å². The minimum atomic E-state index is -4.74. The molecule has 0 radical (unpaired) electrons. The van der Waals surface area contributed by atoms with Gasteiger partial charge in [-0.1, -0.05) is 65.7 Å². The van der Waals surface area contributed by atoms with Crippen molar-refractivity contribution in [2.75, 3.05) is 17.1 Å². The molecule has 13 heteroatoms. The summed E-state index contributed by atoms with van der Waals surface area (Å²) in [4.78, 5) is 29.0. The van der Waals surface area contributed by atoms with Gasteiger partial charge in [-0.15, -0.1) is 0 Å². The monoisotopic (exact) mass is 657 g/mol. The molecule has 2 amide bonds. The lowest BCUT2D eigenvalue weighted by Gasteiger charge is -2.35. The van der Waals surface area contributed by atoms with E-state index in [1.54, 1.807) is 63.2 Å². The van der Waals surface area contributed by atoms with Crippen LogP contribution in [0.15, 0.2) is 72.8 Å². The van der Waals surface area contributed by atoms with Gasteiger partial charge < -0.3 is 10.2 Å². The Morgan fingerprint density at radius 3 is 2.14 bits per heavy atom. The molecule has 43 heavy (non-hydrogen) atoms.